The molecule has 0 aliphatic heterocycles. The van der Waals surface area contributed by atoms with Crippen molar-refractivity contribution in [3.05, 3.63) is 502 Å². The fourth-order valence-electron chi connectivity index (χ4n) is 21.4. The molecule has 1 unspecified atom stereocenters. The Morgan fingerprint density at radius 2 is 0.664 bits per heavy atom. The topological polar surface area (TPSA) is 16.3 Å². The summed E-state index contributed by atoms with van der Waals surface area (Å²) in [4.78, 5) is 4.86. The van der Waals surface area contributed by atoms with Crippen LogP contribution in [-0.2, 0) is 5.41 Å². The molecule has 0 saturated heterocycles. The van der Waals surface area contributed by atoms with Gasteiger partial charge in [0.25, 0.3) is 0 Å². The molecule has 0 N–H and O–H groups in total. The second-order valence-electron chi connectivity index (χ2n) is 35.2. The monoisotopic (exact) mass is 1670 g/mol. The minimum atomic E-state index is -0.147. The molecular weight excluding hydrogens is 1580 g/mol. The number of hydrogen-bond donors (Lipinski definition) is 0. The lowest BCUT2D eigenvalue weighted by Crippen LogP contribution is -2.25. The summed E-state index contributed by atoms with van der Waals surface area (Å²) < 4.78 is 4.93. The van der Waals surface area contributed by atoms with Crippen molar-refractivity contribution in [3.63, 3.8) is 0 Å². The second-order valence-corrected chi connectivity index (χ2v) is 35.2. The average Bonchev–Trinajstić information content (AvgIpc) is 1.57. The van der Waals surface area contributed by atoms with Crippen LogP contribution in [0.3, 0.4) is 0 Å². The first-order valence-electron chi connectivity index (χ1n) is 45.5. The molecule has 2 heterocycles. The van der Waals surface area contributed by atoms with Crippen LogP contribution in [0, 0.1) is 0 Å². The predicted molar refractivity (Wildman–Crippen MR) is 557 cm³/mol. The van der Waals surface area contributed by atoms with Crippen molar-refractivity contribution in [1.82, 2.24) is 9.13 Å². The van der Waals surface area contributed by atoms with Gasteiger partial charge in [-0.2, -0.15) is 0 Å². The van der Waals surface area contributed by atoms with Gasteiger partial charge in [0.2, 0.25) is 0 Å². The van der Waals surface area contributed by atoms with E-state index in [-0.39, 0.29) is 5.41 Å². The number of anilines is 6. The highest BCUT2D eigenvalue weighted by Crippen LogP contribution is 2.50. The van der Waals surface area contributed by atoms with Crippen LogP contribution >= 0.6 is 0 Å². The van der Waals surface area contributed by atoms with Crippen molar-refractivity contribution >= 4 is 138 Å². The van der Waals surface area contributed by atoms with Crippen LogP contribution in [0.5, 0.6) is 0 Å². The molecular formula is C127H86N4. The number of aromatic nitrogens is 2. The number of benzene rings is 22. The van der Waals surface area contributed by atoms with Crippen LogP contribution in [0.15, 0.2) is 485 Å². The van der Waals surface area contributed by atoms with Gasteiger partial charge in [-0.3, -0.25) is 0 Å². The number of hydrogen-bond acceptors (Lipinski definition) is 2. The number of fused-ring (bicyclic) bond motifs is 14. The highest BCUT2D eigenvalue weighted by molar-refractivity contribution is 6.18. The number of nitrogens with zero attached hydrogens (tertiary/aromatic N) is 4. The summed E-state index contributed by atoms with van der Waals surface area (Å²) in [6.07, 6.45) is 5.56. The van der Waals surface area contributed by atoms with Gasteiger partial charge < -0.3 is 18.9 Å². The van der Waals surface area contributed by atoms with Crippen molar-refractivity contribution < 1.29 is 0 Å². The minimum Gasteiger partial charge on any atom is -0.310 e. The lowest BCUT2D eigenvalue weighted by molar-refractivity contribution is 0.575. The van der Waals surface area contributed by atoms with E-state index >= 15 is 0 Å². The largest absolute Gasteiger partial charge is 0.310 e. The van der Waals surface area contributed by atoms with E-state index in [9.17, 15) is 0 Å². The molecule has 2 aromatic heterocycles. The summed E-state index contributed by atoms with van der Waals surface area (Å²) in [5, 5.41) is 17.1. The summed E-state index contributed by atoms with van der Waals surface area (Å²) in [6.45, 7) is 2.40. The van der Waals surface area contributed by atoms with E-state index in [0.29, 0.717) is 0 Å². The van der Waals surface area contributed by atoms with E-state index in [1.54, 1.807) is 0 Å². The summed E-state index contributed by atoms with van der Waals surface area (Å²) in [6, 6.07) is 178. The molecule has 1 aliphatic carbocycles. The molecule has 0 amide bonds. The van der Waals surface area contributed by atoms with Crippen LogP contribution in [0.2, 0.25) is 0 Å². The van der Waals surface area contributed by atoms with Crippen LogP contribution in [-0.4, -0.2) is 9.13 Å². The Hall–Kier alpha value is -16.9. The summed E-state index contributed by atoms with van der Waals surface area (Å²) in [7, 11) is 0. The fraction of sp³-hybridized carbons (Fsp3) is 0.0236. The molecule has 0 radical (unpaired) electrons. The first kappa shape index (κ1) is 76.5. The zero-order chi connectivity index (χ0) is 86.6. The van der Waals surface area contributed by atoms with E-state index in [1.165, 1.54) is 137 Å². The summed E-state index contributed by atoms with van der Waals surface area (Å²) >= 11 is 0. The molecule has 0 bridgehead atoms. The smallest absolute Gasteiger partial charge is 0.0702 e. The van der Waals surface area contributed by atoms with Crippen LogP contribution in [0.4, 0.5) is 34.1 Å². The molecule has 24 aromatic rings. The Bertz CT molecular complexity index is 8630. The number of para-hydroxylation sites is 6. The molecule has 0 spiro atoms. The molecule has 1 aliphatic rings. The highest BCUT2D eigenvalue weighted by Gasteiger charge is 2.33. The maximum atomic E-state index is 2.48. The third-order valence-corrected chi connectivity index (χ3v) is 27.8. The number of rotatable bonds is 16. The standard InChI is InChI=1S/C127H86N4/c1-127(78-24-33-91-27-7-12-49-120(91)127)98-34-18-30-93(80-98)85-56-67-100(68-57-85)128(101-71-60-88(61-72-101)107-43-21-46-111-106-39-9-6-26-87(106)64-75-113(107)111)104-37-19-32-97(81-104)110-45-23-48-117-119-83-95(66-77-123(119)130(126(110)117)99-35-3-2-4-36-99)94-55-54-90-65-76-114-108(44-22-47-112(114)118(90)82-94)89-62-73-103(74-63-89)129(124-52-15-16-53-125(124)131-121-50-13-10-40-115(121)116-41-11-14-51-122(116)131)102-69-58-84(59-70-102)92-29-17-31-96(79-92)109-42-20-28-86-25-5-8-38-105(86)109/h2-77,79-83H,78H2,1H3. The van der Waals surface area contributed by atoms with Crippen molar-refractivity contribution in [2.45, 2.75) is 18.8 Å². The minimum absolute atomic E-state index is 0.147. The molecule has 1 atom stereocenters. The van der Waals surface area contributed by atoms with Gasteiger partial charge in [-0.25, -0.2) is 0 Å². The Labute approximate surface area is 761 Å². The fourth-order valence-corrected chi connectivity index (χ4v) is 21.4. The lowest BCUT2D eigenvalue weighted by Gasteiger charge is -2.34. The normalized spacial score (nSPS) is 13.2. The van der Waals surface area contributed by atoms with Gasteiger partial charge in [-0.05, 0) is 271 Å². The van der Waals surface area contributed by atoms with E-state index in [0.717, 1.165) is 107 Å². The van der Waals surface area contributed by atoms with Gasteiger partial charge in [0.15, 0.2) is 0 Å². The maximum absolute atomic E-state index is 2.48. The van der Waals surface area contributed by atoms with E-state index in [2.05, 4.69) is 517 Å². The molecule has 4 nitrogen and oxygen atoms in total. The molecule has 0 fully saturated rings. The third kappa shape index (κ3) is 13.1. The van der Waals surface area contributed by atoms with Crippen LogP contribution < -0.4 is 9.80 Å². The van der Waals surface area contributed by atoms with Crippen LogP contribution in [0.25, 0.3) is 193 Å². The average molecular weight is 1670 g/mol. The van der Waals surface area contributed by atoms with Gasteiger partial charge >= 0.3 is 0 Å². The van der Waals surface area contributed by atoms with Crippen molar-refractivity contribution in [3.8, 4) is 89.3 Å². The van der Waals surface area contributed by atoms with E-state index in [4.69, 9.17) is 0 Å². The van der Waals surface area contributed by atoms with Crippen molar-refractivity contribution in [2.75, 3.05) is 9.80 Å². The quantitative estimate of drug-likeness (QED) is 0.0897. The zero-order valence-corrected chi connectivity index (χ0v) is 72.3. The predicted octanol–water partition coefficient (Wildman–Crippen LogP) is 35.0. The number of allylic oxidation sites excluding steroid dienone is 1. The van der Waals surface area contributed by atoms with Crippen molar-refractivity contribution in [2.24, 2.45) is 0 Å². The molecule has 131 heavy (non-hydrogen) atoms. The second kappa shape index (κ2) is 31.6. The Balaban J connectivity index is 0.568. The van der Waals surface area contributed by atoms with E-state index < -0.39 is 0 Å². The highest BCUT2D eigenvalue weighted by atomic mass is 15.2. The van der Waals surface area contributed by atoms with Gasteiger partial charge in [0.05, 0.1) is 33.4 Å². The molecule has 614 valence electrons. The summed E-state index contributed by atoms with van der Waals surface area (Å²) in [5.41, 5.74) is 33.4. The first-order valence-corrected chi connectivity index (χ1v) is 45.5. The van der Waals surface area contributed by atoms with Gasteiger partial charge in [-0.1, -0.05) is 377 Å². The van der Waals surface area contributed by atoms with Gasteiger partial charge in [0.1, 0.15) is 0 Å². The van der Waals surface area contributed by atoms with Crippen molar-refractivity contribution in [1.29, 1.82) is 0 Å². The summed E-state index contributed by atoms with van der Waals surface area (Å²) in [5.74, 6) is 0. The molecule has 25 rings (SSSR count). The first-order chi connectivity index (χ1) is 64.8. The zero-order valence-electron chi connectivity index (χ0n) is 72.3. The van der Waals surface area contributed by atoms with Gasteiger partial charge in [0, 0.05) is 66.6 Å². The maximum Gasteiger partial charge on any atom is 0.0702 e. The Morgan fingerprint density at radius 3 is 1.34 bits per heavy atom. The van der Waals surface area contributed by atoms with Gasteiger partial charge in [-0.15, -0.1) is 0 Å². The third-order valence-electron chi connectivity index (χ3n) is 27.8. The van der Waals surface area contributed by atoms with E-state index in [1.807, 2.05) is 0 Å². The molecule has 4 heteroatoms. The lowest BCUT2D eigenvalue weighted by atomic mass is 9.69. The Morgan fingerprint density at radius 1 is 0.229 bits per heavy atom. The SMILES string of the molecule is CC1(c2cccc(-c3ccc(N(c4ccc(-c5cccc6c5ccc5ccccc56)cc4)c4cccc(-c5cccc6c7cc(-c8ccc9ccc%10c(-c%11ccc(N(c%12ccc(-c%13cccc(-c%14cccc%15ccccc%14%15)c%13)cc%12)c%12ccccc%12-n%12c%13ccccc%13c%13ccccc%13%12)cc%11)cccc%10c9c8)ccc7n(-c7ccccc7)c56)c4)cc3)c2)CC=Cc2ccccc21. The van der Waals surface area contributed by atoms with Crippen LogP contribution in [0.1, 0.15) is 30.0 Å². The molecule has 0 saturated carbocycles. The Kier molecular flexibility index (Phi) is 18.4. The molecule has 22 aromatic carbocycles.